The smallest absolute Gasteiger partial charge is 0.338 e. The van der Waals surface area contributed by atoms with Crippen molar-refractivity contribution in [3.63, 3.8) is 0 Å². The van der Waals surface area contributed by atoms with Gasteiger partial charge in [-0.2, -0.15) is 0 Å². The Morgan fingerprint density at radius 3 is 1.90 bits per heavy atom. The Balaban J connectivity index is 4.38. The predicted molar refractivity (Wildman–Crippen MR) is 76.6 cm³/mol. The van der Waals surface area contributed by atoms with Gasteiger partial charge in [0.1, 0.15) is 0 Å². The van der Waals surface area contributed by atoms with E-state index in [4.69, 9.17) is 18.5 Å². The van der Waals surface area contributed by atoms with Crippen molar-refractivity contribution in [2.24, 2.45) is 5.41 Å². The average Bonchev–Trinajstić information content (AvgIpc) is 2.36. The largest absolute Gasteiger partial charge is 0.438 e. The summed E-state index contributed by atoms with van der Waals surface area (Å²) in [6.45, 7) is 9.03. The normalized spacial score (nSPS) is 14.6. The Hall–Kier alpha value is -0.910. The third-order valence-corrected chi connectivity index (χ3v) is 4.60. The fourth-order valence-corrected chi connectivity index (χ4v) is 2.04. The summed E-state index contributed by atoms with van der Waals surface area (Å²) in [5, 5.41) is 0. The van der Waals surface area contributed by atoms with Crippen LogP contribution in [0.15, 0.2) is 0 Å². The van der Waals surface area contributed by atoms with Gasteiger partial charge in [-0.1, -0.05) is 20.8 Å². The number of carbonyl (C=O) groups is 2. The lowest BCUT2D eigenvalue weighted by molar-refractivity contribution is -0.160. The van der Waals surface area contributed by atoms with E-state index in [1.807, 2.05) is 0 Å². The molecule has 0 spiro atoms. The molecule has 0 fully saturated rings. The standard InChI is InChI=1S/C13H25O7P/c1-7-11(14)17-8-19-21(16,10(2)3)20-9-18-12(15)13(4,5)6/h10H,7-9H2,1-6H3. The molecule has 0 aromatic carbocycles. The maximum Gasteiger partial charge on any atom is 0.338 e. The molecule has 0 aliphatic carbocycles. The Bertz CT molecular complexity index is 398. The highest BCUT2D eigenvalue weighted by Gasteiger charge is 2.31. The van der Waals surface area contributed by atoms with Crippen LogP contribution in [0.3, 0.4) is 0 Å². The molecule has 0 radical (unpaired) electrons. The van der Waals surface area contributed by atoms with Crippen LogP contribution >= 0.6 is 7.60 Å². The molecule has 1 atom stereocenters. The highest BCUT2D eigenvalue weighted by atomic mass is 31.2. The number of esters is 2. The summed E-state index contributed by atoms with van der Waals surface area (Å²) in [6, 6.07) is 0. The van der Waals surface area contributed by atoms with Gasteiger partial charge in [0.05, 0.1) is 11.1 Å². The predicted octanol–water partition coefficient (Wildman–Crippen LogP) is 3.08. The SMILES string of the molecule is CCC(=O)OCOP(=O)(OCOC(=O)C(C)(C)C)C(C)C. The van der Waals surface area contributed by atoms with E-state index in [2.05, 4.69) is 0 Å². The summed E-state index contributed by atoms with van der Waals surface area (Å²) in [7, 11) is -3.52. The molecule has 8 heteroatoms. The third-order valence-electron chi connectivity index (χ3n) is 2.41. The molecule has 7 nitrogen and oxygen atoms in total. The van der Waals surface area contributed by atoms with Crippen LogP contribution in [0, 0.1) is 5.41 Å². The van der Waals surface area contributed by atoms with E-state index < -0.39 is 44.2 Å². The molecule has 0 rings (SSSR count). The number of hydrogen-bond acceptors (Lipinski definition) is 7. The second-order valence-electron chi connectivity index (χ2n) is 5.68. The highest BCUT2D eigenvalue weighted by molar-refractivity contribution is 7.54. The maximum atomic E-state index is 12.4. The quantitative estimate of drug-likeness (QED) is 0.385. The molecule has 0 aliphatic rings. The lowest BCUT2D eigenvalue weighted by atomic mass is 9.98. The van der Waals surface area contributed by atoms with Crippen molar-refractivity contribution in [2.75, 3.05) is 13.6 Å². The lowest BCUT2D eigenvalue weighted by Crippen LogP contribution is -2.24. The van der Waals surface area contributed by atoms with Crippen LogP contribution in [-0.2, 0) is 32.7 Å². The summed E-state index contributed by atoms with van der Waals surface area (Å²) < 4.78 is 32.1. The van der Waals surface area contributed by atoms with Crippen LogP contribution in [-0.4, -0.2) is 31.2 Å². The second-order valence-corrected chi connectivity index (χ2v) is 8.31. The minimum absolute atomic E-state index is 0.194. The zero-order valence-electron chi connectivity index (χ0n) is 13.5. The van der Waals surface area contributed by atoms with E-state index in [0.717, 1.165) is 0 Å². The molecule has 0 heterocycles. The molecule has 124 valence electrons. The fourth-order valence-electron chi connectivity index (χ4n) is 0.973. The number of ether oxygens (including phenoxy) is 2. The van der Waals surface area contributed by atoms with Crippen LogP contribution in [0.1, 0.15) is 48.0 Å². The molecule has 0 saturated heterocycles. The molecule has 0 bridgehead atoms. The van der Waals surface area contributed by atoms with E-state index in [-0.39, 0.29) is 6.42 Å². The molecule has 21 heavy (non-hydrogen) atoms. The molecule has 0 aliphatic heterocycles. The van der Waals surface area contributed by atoms with Crippen molar-refractivity contribution in [1.82, 2.24) is 0 Å². The van der Waals surface area contributed by atoms with E-state index >= 15 is 0 Å². The van der Waals surface area contributed by atoms with Gasteiger partial charge >= 0.3 is 19.5 Å². The summed E-state index contributed by atoms with van der Waals surface area (Å²) in [5.74, 6) is -0.945. The van der Waals surface area contributed by atoms with Crippen LogP contribution in [0.4, 0.5) is 0 Å². The number of hydrogen-bond donors (Lipinski definition) is 0. The first-order valence-electron chi connectivity index (χ1n) is 6.74. The monoisotopic (exact) mass is 324 g/mol. The van der Waals surface area contributed by atoms with Gasteiger partial charge in [0.2, 0.25) is 13.6 Å². The highest BCUT2D eigenvalue weighted by Crippen LogP contribution is 2.52. The van der Waals surface area contributed by atoms with Crippen molar-refractivity contribution < 1.29 is 32.7 Å². The first-order valence-corrected chi connectivity index (χ1v) is 8.35. The minimum atomic E-state index is -3.52. The van der Waals surface area contributed by atoms with Crippen LogP contribution in [0.2, 0.25) is 0 Å². The van der Waals surface area contributed by atoms with Gasteiger partial charge in [0, 0.05) is 6.42 Å². The molecule has 0 N–H and O–H groups in total. The average molecular weight is 324 g/mol. The molecule has 1 unspecified atom stereocenters. The molecule has 0 aromatic heterocycles. The zero-order chi connectivity index (χ0) is 16.7. The second kappa shape index (κ2) is 8.51. The van der Waals surface area contributed by atoms with E-state index in [1.165, 1.54) is 0 Å². The third kappa shape index (κ3) is 7.60. The molecule has 0 aromatic rings. The number of rotatable bonds is 8. The minimum Gasteiger partial charge on any atom is -0.438 e. The van der Waals surface area contributed by atoms with E-state index in [9.17, 15) is 14.2 Å². The van der Waals surface area contributed by atoms with Gasteiger partial charge in [-0.3, -0.25) is 23.2 Å². The summed E-state index contributed by atoms with van der Waals surface area (Å²) in [4.78, 5) is 22.5. The topological polar surface area (TPSA) is 88.1 Å². The lowest BCUT2D eigenvalue weighted by Gasteiger charge is -2.22. The first-order chi connectivity index (χ1) is 9.53. The van der Waals surface area contributed by atoms with E-state index in [0.29, 0.717) is 0 Å². The maximum absolute atomic E-state index is 12.4. The van der Waals surface area contributed by atoms with Crippen LogP contribution in [0.25, 0.3) is 0 Å². The first kappa shape index (κ1) is 20.1. The van der Waals surface area contributed by atoms with E-state index in [1.54, 1.807) is 41.5 Å². The Labute approximate surface area is 125 Å². The van der Waals surface area contributed by atoms with Crippen molar-refractivity contribution in [1.29, 1.82) is 0 Å². The Kier molecular flexibility index (Phi) is 8.14. The van der Waals surface area contributed by atoms with Gasteiger partial charge in [-0.15, -0.1) is 0 Å². The van der Waals surface area contributed by atoms with Gasteiger partial charge < -0.3 is 9.47 Å². The van der Waals surface area contributed by atoms with Gasteiger partial charge in [0.25, 0.3) is 0 Å². The van der Waals surface area contributed by atoms with Gasteiger partial charge in [0.15, 0.2) is 0 Å². The number of carbonyl (C=O) groups excluding carboxylic acids is 2. The zero-order valence-corrected chi connectivity index (χ0v) is 14.4. The molecule has 0 saturated carbocycles. The van der Waals surface area contributed by atoms with Crippen molar-refractivity contribution in [3.8, 4) is 0 Å². The van der Waals surface area contributed by atoms with Crippen LogP contribution < -0.4 is 0 Å². The molecular weight excluding hydrogens is 299 g/mol. The molecular formula is C13H25O7P. The Morgan fingerprint density at radius 1 is 1.05 bits per heavy atom. The summed E-state index contributed by atoms with van der Waals surface area (Å²) in [5.41, 5.74) is -1.14. The van der Waals surface area contributed by atoms with Gasteiger partial charge in [-0.05, 0) is 20.8 Å². The molecule has 0 amide bonds. The van der Waals surface area contributed by atoms with Crippen molar-refractivity contribution >= 4 is 19.5 Å². The Morgan fingerprint density at radius 2 is 1.52 bits per heavy atom. The van der Waals surface area contributed by atoms with Crippen molar-refractivity contribution in [2.45, 2.75) is 53.6 Å². The summed E-state index contributed by atoms with van der Waals surface area (Å²) >= 11 is 0. The van der Waals surface area contributed by atoms with Gasteiger partial charge in [-0.25, -0.2) is 0 Å². The summed E-state index contributed by atoms with van der Waals surface area (Å²) in [6.07, 6.45) is 0.194. The fraction of sp³-hybridized carbons (Fsp3) is 0.846. The van der Waals surface area contributed by atoms with Crippen LogP contribution in [0.5, 0.6) is 0 Å². The van der Waals surface area contributed by atoms with Crippen molar-refractivity contribution in [3.05, 3.63) is 0 Å².